The third kappa shape index (κ3) is 3.50. The summed E-state index contributed by atoms with van der Waals surface area (Å²) in [5.41, 5.74) is 2.66. The highest BCUT2D eigenvalue weighted by molar-refractivity contribution is 7.95. The van der Waals surface area contributed by atoms with Crippen molar-refractivity contribution in [2.45, 2.75) is 9.10 Å². The number of benzene rings is 3. The number of hydrogen-bond acceptors (Lipinski definition) is 5. The first-order valence-electron chi connectivity index (χ1n) is 9.52. The Morgan fingerprint density at radius 2 is 1.74 bits per heavy atom. The molecule has 0 aliphatic carbocycles. The van der Waals surface area contributed by atoms with E-state index in [0.717, 1.165) is 21.2 Å². The van der Waals surface area contributed by atoms with Gasteiger partial charge >= 0.3 is 0 Å². The molecule has 3 aromatic carbocycles. The average molecular weight is 465 g/mol. The molecule has 0 saturated carbocycles. The molecule has 0 fully saturated rings. The number of anilines is 1. The van der Waals surface area contributed by atoms with Crippen LogP contribution in [0.1, 0.15) is 5.56 Å². The minimum absolute atomic E-state index is 0.160. The van der Waals surface area contributed by atoms with E-state index in [1.165, 1.54) is 15.6 Å². The lowest BCUT2D eigenvalue weighted by atomic mass is 10.0. The number of nitrogens with zero attached hydrogens (tertiary/aromatic N) is 2. The minimum atomic E-state index is -3.80. The summed E-state index contributed by atoms with van der Waals surface area (Å²) in [5, 5.41) is 9.90. The van der Waals surface area contributed by atoms with Gasteiger partial charge in [-0.05, 0) is 70.2 Å². The molecule has 8 heteroatoms. The fraction of sp³-hybridized carbons (Fsp3) is 0.0870. The summed E-state index contributed by atoms with van der Waals surface area (Å²) in [5.74, 6) is 0.257. The summed E-state index contributed by atoms with van der Waals surface area (Å²) in [7, 11) is -3.80. The summed E-state index contributed by atoms with van der Waals surface area (Å²) in [6.45, 7) is 0.160. The molecule has 4 aromatic rings. The van der Waals surface area contributed by atoms with Crippen LogP contribution in [0.25, 0.3) is 21.2 Å². The van der Waals surface area contributed by atoms with Crippen LogP contribution in [-0.4, -0.2) is 25.3 Å². The minimum Gasteiger partial charge on any atom is -0.611 e. The Hall–Kier alpha value is -2.83. The van der Waals surface area contributed by atoms with E-state index in [9.17, 15) is 13.0 Å². The molecule has 1 unspecified atom stereocenters. The molecule has 0 N–H and O–H groups in total. The third-order valence-electron chi connectivity index (χ3n) is 5.25. The van der Waals surface area contributed by atoms with Gasteiger partial charge in [-0.25, -0.2) is 8.42 Å². The van der Waals surface area contributed by atoms with Crippen molar-refractivity contribution < 1.29 is 13.0 Å². The first-order valence-corrected chi connectivity index (χ1v) is 13.1. The van der Waals surface area contributed by atoms with Gasteiger partial charge in [-0.1, -0.05) is 30.3 Å². The number of sulfonamides is 1. The van der Waals surface area contributed by atoms with Crippen LogP contribution in [-0.2, 0) is 21.2 Å². The highest BCUT2D eigenvalue weighted by Crippen LogP contribution is 2.39. The van der Waals surface area contributed by atoms with Crippen molar-refractivity contribution >= 4 is 48.3 Å². The van der Waals surface area contributed by atoms with Crippen molar-refractivity contribution in [1.82, 2.24) is 0 Å². The van der Waals surface area contributed by atoms with Crippen molar-refractivity contribution in [1.29, 1.82) is 5.26 Å². The van der Waals surface area contributed by atoms with Gasteiger partial charge in [-0.3, -0.25) is 4.31 Å². The molecule has 1 atom stereocenters. The van der Waals surface area contributed by atoms with Crippen molar-refractivity contribution in [2.24, 2.45) is 0 Å². The van der Waals surface area contributed by atoms with Gasteiger partial charge < -0.3 is 4.55 Å². The predicted molar refractivity (Wildman–Crippen MR) is 124 cm³/mol. The molecular formula is C23H16N2O3S3. The van der Waals surface area contributed by atoms with E-state index in [2.05, 4.69) is 6.07 Å². The normalized spacial score (nSPS) is 16.1. The molecule has 2 heterocycles. The molecule has 0 radical (unpaired) electrons. The topological polar surface area (TPSA) is 84.2 Å². The second-order valence-electron chi connectivity index (χ2n) is 7.10. The molecule has 154 valence electrons. The molecule has 31 heavy (non-hydrogen) atoms. The van der Waals surface area contributed by atoms with E-state index in [-0.39, 0.29) is 16.5 Å². The third-order valence-corrected chi connectivity index (χ3v) is 10.0. The molecule has 0 amide bonds. The Bertz CT molecular complexity index is 1400. The zero-order valence-corrected chi connectivity index (χ0v) is 18.6. The quantitative estimate of drug-likeness (QED) is 0.409. The first-order chi connectivity index (χ1) is 15.0. The lowest BCUT2D eigenvalue weighted by Crippen LogP contribution is -2.39. The van der Waals surface area contributed by atoms with Crippen LogP contribution in [0.2, 0.25) is 0 Å². The van der Waals surface area contributed by atoms with Gasteiger partial charge in [-0.2, -0.15) is 5.26 Å². The standard InChI is InChI=1S/C23H16N2O3S3/c24-15-16-5-7-17(8-6-16)18-9-10-22-20(13-18)25(11-12-30(22)26)31(27,28)23-14-19-3-1-2-4-21(19)29-23/h1-10,13-14H,11-12H2. The van der Waals surface area contributed by atoms with Crippen LogP contribution in [0.4, 0.5) is 5.69 Å². The van der Waals surface area contributed by atoms with Gasteiger partial charge in [0.15, 0.2) is 4.90 Å². The maximum Gasteiger partial charge on any atom is 0.274 e. The SMILES string of the molecule is N#Cc1ccc(-c2ccc3c(c2)N(S(=O)(=O)c2cc4ccccc4s2)CC[S+]3[O-])cc1. The van der Waals surface area contributed by atoms with Gasteiger partial charge in [0, 0.05) is 4.70 Å². The maximum atomic E-state index is 13.6. The van der Waals surface area contributed by atoms with Gasteiger partial charge in [0.05, 0.1) is 18.2 Å². The van der Waals surface area contributed by atoms with Crippen molar-refractivity contribution in [3.8, 4) is 17.2 Å². The van der Waals surface area contributed by atoms with E-state index in [0.29, 0.717) is 16.1 Å². The van der Waals surface area contributed by atoms with Crippen LogP contribution in [0.15, 0.2) is 81.9 Å². The van der Waals surface area contributed by atoms with Crippen molar-refractivity contribution in [2.75, 3.05) is 16.6 Å². The largest absolute Gasteiger partial charge is 0.611 e. The second-order valence-corrected chi connectivity index (χ2v) is 11.8. The molecule has 1 aliphatic heterocycles. The number of nitriles is 1. The Balaban J connectivity index is 1.61. The molecule has 0 bridgehead atoms. The van der Waals surface area contributed by atoms with E-state index >= 15 is 0 Å². The summed E-state index contributed by atoms with van der Waals surface area (Å²) >= 11 is -0.0154. The van der Waals surface area contributed by atoms with Crippen LogP contribution in [0.5, 0.6) is 0 Å². The predicted octanol–water partition coefficient (Wildman–Crippen LogP) is 4.76. The van der Waals surface area contributed by atoms with Crippen LogP contribution in [0, 0.1) is 11.3 Å². The first kappa shape index (κ1) is 20.1. The van der Waals surface area contributed by atoms with E-state index in [4.69, 9.17) is 5.26 Å². The molecule has 1 aromatic heterocycles. The van der Waals surface area contributed by atoms with Crippen LogP contribution >= 0.6 is 11.3 Å². The van der Waals surface area contributed by atoms with Crippen LogP contribution in [0.3, 0.4) is 0 Å². The Labute approximate surface area is 187 Å². The van der Waals surface area contributed by atoms with Crippen molar-refractivity contribution in [3.63, 3.8) is 0 Å². The summed E-state index contributed by atoms with van der Waals surface area (Å²) < 4.78 is 42.3. The Kier molecular flexibility index (Phi) is 4.99. The van der Waals surface area contributed by atoms with Crippen LogP contribution < -0.4 is 4.31 Å². The molecular weight excluding hydrogens is 448 g/mol. The highest BCUT2D eigenvalue weighted by Gasteiger charge is 2.36. The number of rotatable bonds is 3. The fourth-order valence-corrected chi connectivity index (χ4v) is 8.01. The Morgan fingerprint density at radius 1 is 1.00 bits per heavy atom. The van der Waals surface area contributed by atoms with E-state index in [1.807, 2.05) is 42.5 Å². The molecule has 0 saturated heterocycles. The molecule has 5 nitrogen and oxygen atoms in total. The number of fused-ring (bicyclic) bond motifs is 2. The fourth-order valence-electron chi connectivity index (χ4n) is 3.66. The van der Waals surface area contributed by atoms with E-state index in [1.54, 1.807) is 30.3 Å². The second kappa shape index (κ2) is 7.70. The van der Waals surface area contributed by atoms with Crippen molar-refractivity contribution in [3.05, 3.63) is 78.4 Å². The molecule has 0 spiro atoms. The number of thiophene rings is 1. The van der Waals surface area contributed by atoms with Gasteiger partial charge in [-0.15, -0.1) is 11.3 Å². The van der Waals surface area contributed by atoms with Gasteiger partial charge in [0.25, 0.3) is 10.0 Å². The maximum absolute atomic E-state index is 13.6. The summed E-state index contributed by atoms with van der Waals surface area (Å²) in [6.07, 6.45) is 0. The van der Waals surface area contributed by atoms with E-state index < -0.39 is 21.2 Å². The lowest BCUT2D eigenvalue weighted by molar-refractivity contribution is 0.584. The zero-order valence-electron chi connectivity index (χ0n) is 16.2. The number of hydrogen-bond donors (Lipinski definition) is 0. The Morgan fingerprint density at radius 3 is 2.48 bits per heavy atom. The lowest BCUT2D eigenvalue weighted by Gasteiger charge is -2.30. The smallest absolute Gasteiger partial charge is 0.274 e. The summed E-state index contributed by atoms with van der Waals surface area (Å²) in [4.78, 5) is 0.522. The monoisotopic (exact) mass is 464 g/mol. The summed E-state index contributed by atoms with van der Waals surface area (Å²) in [6, 6.07) is 23.8. The average Bonchev–Trinajstić information content (AvgIpc) is 3.24. The molecule has 1 aliphatic rings. The van der Waals surface area contributed by atoms with Gasteiger partial charge in [0.2, 0.25) is 0 Å². The highest BCUT2D eigenvalue weighted by atomic mass is 32.2. The zero-order chi connectivity index (χ0) is 21.6. The molecule has 5 rings (SSSR count). The van der Waals surface area contributed by atoms with Gasteiger partial charge in [0.1, 0.15) is 15.6 Å².